The van der Waals surface area contributed by atoms with Crippen LogP contribution in [0.25, 0.3) is 44.5 Å². The molecular weight excluding hydrogens is 742 g/mol. The summed E-state index contributed by atoms with van der Waals surface area (Å²) in [6.45, 7) is 5.27. The quantitative estimate of drug-likeness (QED) is 0.0297. The van der Waals surface area contributed by atoms with Crippen molar-refractivity contribution >= 4 is 40.6 Å². The van der Waals surface area contributed by atoms with Gasteiger partial charge in [0.2, 0.25) is 0 Å². The van der Waals surface area contributed by atoms with Crippen LogP contribution in [0.5, 0.6) is 11.5 Å². The number of aromatic nitrogens is 1. The minimum absolute atomic E-state index is 0.121. The molecular formula is C38H31Cl2FN6O7. The zero-order valence-electron chi connectivity index (χ0n) is 28.7. The molecule has 1 aromatic heterocycles. The van der Waals surface area contributed by atoms with E-state index in [-0.39, 0.29) is 22.4 Å². The molecule has 0 radical (unpaired) electrons. The molecule has 0 bridgehead atoms. The number of benzene rings is 5. The Bertz CT molecular complexity index is 2450. The van der Waals surface area contributed by atoms with Crippen LogP contribution in [0, 0.1) is 36.7 Å². The fourth-order valence-corrected chi connectivity index (χ4v) is 6.36. The molecule has 6 aromatic rings. The van der Waals surface area contributed by atoms with Crippen LogP contribution in [-0.2, 0) is 0 Å². The lowest BCUT2D eigenvalue weighted by atomic mass is 9.88. The monoisotopic (exact) mass is 772 g/mol. The van der Waals surface area contributed by atoms with Gasteiger partial charge >= 0.3 is 5.69 Å². The number of nitrogens with two attached hydrogens (primary N) is 2. The van der Waals surface area contributed by atoms with Gasteiger partial charge in [-0.15, -0.1) is 0 Å². The van der Waals surface area contributed by atoms with Crippen LogP contribution in [0.4, 0.5) is 10.1 Å². The first kappa shape index (κ1) is 38.6. The van der Waals surface area contributed by atoms with E-state index in [0.29, 0.717) is 66.5 Å². The van der Waals surface area contributed by atoms with Crippen molar-refractivity contribution in [3.63, 3.8) is 0 Å². The van der Waals surface area contributed by atoms with Gasteiger partial charge in [0.1, 0.15) is 17.3 Å². The molecule has 8 N–H and O–H groups in total. The van der Waals surface area contributed by atoms with Gasteiger partial charge in [0.15, 0.2) is 17.4 Å². The number of hydrogen-bond donors (Lipinski definition) is 6. The van der Waals surface area contributed by atoms with Crippen LogP contribution in [0.3, 0.4) is 0 Å². The number of hydrogen-bond acceptors (Lipinski definition) is 10. The summed E-state index contributed by atoms with van der Waals surface area (Å²) in [5.74, 6) is -0.607. The summed E-state index contributed by atoms with van der Waals surface area (Å²) in [4.78, 5) is 10.5. The van der Waals surface area contributed by atoms with Gasteiger partial charge < -0.3 is 36.6 Å². The summed E-state index contributed by atoms with van der Waals surface area (Å²) < 4.78 is 19.2. The number of nitrogens with zero attached hydrogens (tertiary/aromatic N) is 4. The molecule has 54 heavy (non-hydrogen) atoms. The molecule has 5 aromatic carbocycles. The summed E-state index contributed by atoms with van der Waals surface area (Å²) in [5.41, 5.74) is 17.9. The third-order valence-electron chi connectivity index (χ3n) is 8.39. The number of phenolic OH excluding ortho intramolecular Hbond substituents is 2. The second-order valence-electron chi connectivity index (χ2n) is 11.9. The highest BCUT2D eigenvalue weighted by Gasteiger charge is 2.25. The second-order valence-corrected chi connectivity index (χ2v) is 12.8. The third kappa shape index (κ3) is 7.89. The van der Waals surface area contributed by atoms with Crippen molar-refractivity contribution in [3.05, 3.63) is 139 Å². The number of phenols is 2. The number of aromatic hydroxyl groups is 2. The molecule has 0 amide bonds. The first-order valence-electron chi connectivity index (χ1n) is 15.7. The molecule has 0 fully saturated rings. The van der Waals surface area contributed by atoms with E-state index < -0.39 is 22.2 Å². The molecule has 13 nitrogen and oxygen atoms in total. The van der Waals surface area contributed by atoms with E-state index in [1.807, 2.05) is 6.92 Å². The molecule has 0 spiro atoms. The average Bonchev–Trinajstić information content (AvgIpc) is 3.48. The number of nitro benzene ring substituents is 1. The molecule has 16 heteroatoms. The van der Waals surface area contributed by atoms with E-state index in [2.05, 4.69) is 15.5 Å². The molecule has 0 saturated carbocycles. The number of nitro groups is 1. The van der Waals surface area contributed by atoms with Crippen LogP contribution in [0.1, 0.15) is 28.1 Å². The minimum atomic E-state index is -0.691. The van der Waals surface area contributed by atoms with Gasteiger partial charge in [-0.1, -0.05) is 62.9 Å². The summed E-state index contributed by atoms with van der Waals surface area (Å²) in [7, 11) is 0. The lowest BCUT2D eigenvalue weighted by Gasteiger charge is -2.18. The Hall–Kier alpha value is -6.64. The molecule has 0 atom stereocenters. The predicted molar refractivity (Wildman–Crippen MR) is 204 cm³/mol. The Morgan fingerprint density at radius 1 is 0.759 bits per heavy atom. The Kier molecular flexibility index (Phi) is 11.4. The Morgan fingerprint density at radius 2 is 1.31 bits per heavy atom. The van der Waals surface area contributed by atoms with Gasteiger partial charge in [-0.05, 0) is 109 Å². The number of aryl methyl sites for hydroxylation is 3. The normalized spacial score (nSPS) is 11.6. The lowest BCUT2D eigenvalue weighted by molar-refractivity contribution is -0.385. The van der Waals surface area contributed by atoms with Crippen molar-refractivity contribution in [2.24, 2.45) is 21.8 Å². The summed E-state index contributed by atoms with van der Waals surface area (Å²) >= 11 is 12.5. The van der Waals surface area contributed by atoms with Crippen LogP contribution in [0.15, 0.2) is 99.8 Å². The van der Waals surface area contributed by atoms with Crippen LogP contribution < -0.4 is 11.5 Å². The average molecular weight is 774 g/mol. The van der Waals surface area contributed by atoms with Gasteiger partial charge in [-0.2, -0.15) is 0 Å². The predicted octanol–water partition coefficient (Wildman–Crippen LogP) is 8.91. The van der Waals surface area contributed by atoms with Crippen molar-refractivity contribution in [1.29, 1.82) is 0 Å². The second kappa shape index (κ2) is 15.9. The number of amidine groups is 2. The largest absolute Gasteiger partial charge is 0.508 e. The highest BCUT2D eigenvalue weighted by Crippen LogP contribution is 2.43. The Balaban J connectivity index is 0.000000208. The maximum Gasteiger partial charge on any atom is 0.311 e. The van der Waals surface area contributed by atoms with Crippen molar-refractivity contribution in [2.45, 2.75) is 20.8 Å². The maximum absolute atomic E-state index is 13.9. The van der Waals surface area contributed by atoms with Crippen molar-refractivity contribution in [1.82, 2.24) is 5.16 Å². The summed E-state index contributed by atoms with van der Waals surface area (Å²) in [5, 5.41) is 59.7. The van der Waals surface area contributed by atoms with E-state index in [1.54, 1.807) is 62.4 Å². The molecule has 0 unspecified atom stereocenters. The third-order valence-corrected chi connectivity index (χ3v) is 8.82. The Labute approximate surface area is 316 Å². The number of rotatable bonds is 7. The molecule has 0 aliphatic carbocycles. The molecule has 1 heterocycles. The highest BCUT2D eigenvalue weighted by molar-refractivity contribution is 6.32. The number of oxime groups is 2. The van der Waals surface area contributed by atoms with Gasteiger partial charge in [-0.3, -0.25) is 10.1 Å². The molecule has 0 aliphatic heterocycles. The van der Waals surface area contributed by atoms with Gasteiger partial charge in [-0.25, -0.2) is 4.39 Å². The van der Waals surface area contributed by atoms with Gasteiger partial charge in [0.05, 0.1) is 10.6 Å². The van der Waals surface area contributed by atoms with E-state index in [1.165, 1.54) is 36.4 Å². The topological polar surface area (TPSA) is 227 Å². The van der Waals surface area contributed by atoms with Gasteiger partial charge in [0, 0.05) is 43.9 Å². The molecule has 0 saturated heterocycles. The zero-order chi connectivity index (χ0) is 39.4. The van der Waals surface area contributed by atoms with Crippen LogP contribution in [-0.4, -0.2) is 42.4 Å². The van der Waals surface area contributed by atoms with Gasteiger partial charge in [0.25, 0.3) is 0 Å². The van der Waals surface area contributed by atoms with Crippen LogP contribution >= 0.6 is 23.2 Å². The summed E-state index contributed by atoms with van der Waals surface area (Å²) in [6, 6.07) is 21.3. The first-order valence-corrected chi connectivity index (χ1v) is 16.5. The lowest BCUT2D eigenvalue weighted by Crippen LogP contribution is -2.15. The van der Waals surface area contributed by atoms with E-state index in [4.69, 9.17) is 39.2 Å². The van der Waals surface area contributed by atoms with Crippen molar-refractivity contribution in [2.75, 3.05) is 0 Å². The van der Waals surface area contributed by atoms with Crippen molar-refractivity contribution < 1.29 is 34.5 Å². The SMILES string of the molecule is Cc1ccc(F)cc1-c1c(C(N)=NO)cc(Cl)cc1-c1ccc(O)cc1.Cc1noc(C)c1-c1c(C(N)=NO)cc(Cl)cc1-c1ccc(O)c([N+](=O)[O-])c1. The van der Waals surface area contributed by atoms with E-state index in [9.17, 15) is 35.1 Å². The number of halogens is 3. The summed E-state index contributed by atoms with van der Waals surface area (Å²) in [6.07, 6.45) is 0. The highest BCUT2D eigenvalue weighted by atomic mass is 35.5. The molecule has 276 valence electrons. The first-order chi connectivity index (χ1) is 25.6. The van der Waals surface area contributed by atoms with Crippen LogP contribution in [0.2, 0.25) is 10.0 Å². The van der Waals surface area contributed by atoms with E-state index in [0.717, 1.165) is 11.1 Å². The maximum atomic E-state index is 13.9. The fraction of sp³-hybridized carbons (Fsp3) is 0.0789. The Morgan fingerprint density at radius 3 is 1.85 bits per heavy atom. The molecule has 0 aliphatic rings. The minimum Gasteiger partial charge on any atom is -0.508 e. The standard InChI is InChI=1S/C20H16ClFN2O2.C18H15ClN4O5/c1-11-2-5-14(22)10-16(11)19-17(12-3-6-15(25)7-4-12)8-13(21)9-18(19)20(23)24-26;1-8-16(9(2)28-22-8)17-12(6-11(19)7-13(17)18(20)21-25)10-3-4-15(24)14(5-10)23(26)27/h2-10,25-26H,1H3,(H2,23,24);3-7,24-25H,1-2H3,(H2,20,21). The zero-order valence-corrected chi connectivity index (χ0v) is 30.2. The van der Waals surface area contributed by atoms with Crippen molar-refractivity contribution in [3.8, 4) is 56.0 Å². The smallest absolute Gasteiger partial charge is 0.311 e. The fourth-order valence-electron chi connectivity index (χ4n) is 5.92. The van der Waals surface area contributed by atoms with E-state index >= 15 is 0 Å². The molecule has 6 rings (SSSR count).